The Morgan fingerprint density at radius 2 is 1.75 bits per heavy atom. The van der Waals surface area contributed by atoms with E-state index in [2.05, 4.69) is 41.3 Å². The third-order valence-corrected chi connectivity index (χ3v) is 2.17. The van der Waals surface area contributed by atoms with Crippen molar-refractivity contribution in [2.75, 3.05) is 10.6 Å². The van der Waals surface area contributed by atoms with Crippen molar-refractivity contribution in [3.05, 3.63) is 10.1 Å². The van der Waals surface area contributed by atoms with Gasteiger partial charge in [-0.2, -0.15) is 0 Å². The van der Waals surface area contributed by atoms with E-state index in [1.807, 2.05) is 0 Å². The minimum absolute atomic E-state index is 0.0714. The van der Waals surface area contributed by atoms with Gasteiger partial charge in [-0.15, -0.1) is 0 Å². The molecule has 3 heterocycles. The number of aromatic nitrogens is 2. The van der Waals surface area contributed by atoms with Crippen LogP contribution in [0.15, 0.2) is 9.73 Å². The number of hydrogen-bond donors (Lipinski definition) is 4. The second-order valence-corrected chi connectivity index (χ2v) is 3.18. The highest BCUT2D eigenvalue weighted by Gasteiger charge is 2.38. The summed E-state index contributed by atoms with van der Waals surface area (Å²) in [5.41, 5.74) is 0. The summed E-state index contributed by atoms with van der Waals surface area (Å²) in [7, 11) is 0. The highest BCUT2D eigenvalue weighted by atomic mass is 16.7. The van der Waals surface area contributed by atoms with E-state index in [9.17, 15) is 10.1 Å². The molecule has 11 nitrogen and oxygen atoms in total. The molecule has 4 N–H and O–H groups in total. The van der Waals surface area contributed by atoms with Crippen LogP contribution < -0.4 is 21.3 Å². The smallest absolute Gasteiger partial charge is 0.272 e. The summed E-state index contributed by atoms with van der Waals surface area (Å²) in [5.74, 6) is 0.956. The van der Waals surface area contributed by atoms with Gasteiger partial charge in [0.15, 0.2) is 5.03 Å². The Morgan fingerprint density at radius 3 is 2.25 bits per heavy atom. The fraction of sp³-hybridized carbons (Fsp3) is 0.400. The molecule has 11 heteroatoms. The first-order valence-electron chi connectivity index (χ1n) is 4.34. The lowest BCUT2D eigenvalue weighted by Crippen LogP contribution is -2.48. The summed E-state index contributed by atoms with van der Waals surface area (Å²) >= 11 is 0. The van der Waals surface area contributed by atoms with Crippen LogP contribution in [-0.4, -0.2) is 33.6 Å². The summed E-state index contributed by atoms with van der Waals surface area (Å²) < 4.78 is 4.51. The molecular weight excluding hydrogens is 220 g/mol. The molecule has 1 saturated heterocycles. The molecule has 2 aliphatic rings. The van der Waals surface area contributed by atoms with Crippen LogP contribution in [0.2, 0.25) is 0 Å². The van der Waals surface area contributed by atoms with Gasteiger partial charge in [-0.1, -0.05) is 0 Å². The highest BCUT2D eigenvalue weighted by molar-refractivity contribution is 5.84. The third kappa shape index (κ3) is 1.25. The van der Waals surface area contributed by atoms with Crippen molar-refractivity contribution < 1.29 is 9.66 Å². The lowest BCUT2D eigenvalue weighted by Gasteiger charge is -2.24. The van der Waals surface area contributed by atoms with Crippen molar-refractivity contribution in [2.24, 2.45) is 5.10 Å². The van der Waals surface area contributed by atoms with Gasteiger partial charge in [0.25, 0.3) is 5.96 Å². The predicted molar refractivity (Wildman–Crippen MR) is 49.8 cm³/mol. The van der Waals surface area contributed by atoms with E-state index in [0.29, 0.717) is 11.6 Å². The van der Waals surface area contributed by atoms with Crippen LogP contribution in [-0.2, 0) is 0 Å². The molecule has 0 bridgehead atoms. The van der Waals surface area contributed by atoms with Crippen LogP contribution in [0.1, 0.15) is 0 Å². The van der Waals surface area contributed by atoms with Crippen molar-refractivity contribution in [1.82, 2.24) is 20.9 Å². The fourth-order valence-electron chi connectivity index (χ4n) is 1.55. The zero-order valence-electron chi connectivity index (χ0n) is 7.67. The van der Waals surface area contributed by atoms with Crippen molar-refractivity contribution >= 4 is 17.6 Å². The molecule has 0 radical (unpaired) electrons. The molecule has 0 aliphatic carbocycles. The molecule has 0 unspecified atom stereocenters. The van der Waals surface area contributed by atoms with Crippen molar-refractivity contribution in [3.8, 4) is 0 Å². The monoisotopic (exact) mass is 226 g/mol. The molecule has 2 atom stereocenters. The van der Waals surface area contributed by atoms with Gasteiger partial charge in [0, 0.05) is 0 Å². The van der Waals surface area contributed by atoms with Crippen LogP contribution in [0.4, 0.5) is 11.6 Å². The van der Waals surface area contributed by atoms with Gasteiger partial charge in [-0.05, 0) is 10.3 Å². The number of guanidine groups is 1. The van der Waals surface area contributed by atoms with Crippen LogP contribution >= 0.6 is 0 Å². The van der Waals surface area contributed by atoms with Gasteiger partial charge in [0.05, 0.1) is 0 Å². The Hall–Kier alpha value is -2.59. The minimum Gasteiger partial charge on any atom is -0.341 e. The maximum Gasteiger partial charge on any atom is 0.272 e. The number of hydrogen-bond acceptors (Lipinski definition) is 7. The average Bonchev–Trinajstić information content (AvgIpc) is 2.76. The molecule has 2 aliphatic heterocycles. The van der Waals surface area contributed by atoms with Crippen LogP contribution in [0.3, 0.4) is 0 Å². The van der Waals surface area contributed by atoms with Crippen LogP contribution in [0.25, 0.3) is 0 Å². The number of rotatable bonds is 1. The van der Waals surface area contributed by atoms with E-state index in [-0.39, 0.29) is 18.3 Å². The van der Waals surface area contributed by atoms with E-state index >= 15 is 0 Å². The Kier molecular flexibility index (Phi) is 1.60. The standard InChI is InChI=1S/C5H6N8O3/c14-13(15)10-5-8-1-2(9-5)7-4-3(6-1)11-16-12-4/h1-2H,(H,6,11)(H,7,12)(H2,8,9,10)/t1-,2-/m1/s1. The Labute approximate surface area is 87.4 Å². The van der Waals surface area contributed by atoms with Gasteiger partial charge in [-0.3, -0.25) is 0 Å². The maximum atomic E-state index is 10.2. The second-order valence-electron chi connectivity index (χ2n) is 3.18. The molecule has 0 saturated carbocycles. The van der Waals surface area contributed by atoms with E-state index in [4.69, 9.17) is 0 Å². The van der Waals surface area contributed by atoms with Gasteiger partial charge in [0.1, 0.15) is 17.4 Å². The SMILES string of the molecule is O=[N+]([O-])N=C1N[C@H]2Nc3nonc3N[C@@H]2N1. The Balaban J connectivity index is 1.81. The summed E-state index contributed by atoms with van der Waals surface area (Å²) in [5, 5.41) is 31.1. The van der Waals surface area contributed by atoms with E-state index < -0.39 is 5.03 Å². The van der Waals surface area contributed by atoms with E-state index in [1.54, 1.807) is 0 Å². The fourth-order valence-corrected chi connectivity index (χ4v) is 1.55. The zero-order valence-corrected chi connectivity index (χ0v) is 7.67. The first-order valence-corrected chi connectivity index (χ1v) is 4.34. The second kappa shape index (κ2) is 2.95. The van der Waals surface area contributed by atoms with Crippen molar-refractivity contribution in [2.45, 2.75) is 12.3 Å². The Morgan fingerprint density at radius 1 is 1.19 bits per heavy atom. The highest BCUT2D eigenvalue weighted by Crippen LogP contribution is 2.23. The minimum atomic E-state index is -0.786. The molecule has 1 aromatic rings. The average molecular weight is 226 g/mol. The van der Waals surface area contributed by atoms with E-state index in [1.165, 1.54) is 0 Å². The van der Waals surface area contributed by atoms with Gasteiger partial charge < -0.3 is 21.3 Å². The largest absolute Gasteiger partial charge is 0.341 e. The number of nitrogens with one attached hydrogen (secondary N) is 4. The number of nitro groups is 1. The zero-order chi connectivity index (χ0) is 11.1. The van der Waals surface area contributed by atoms with E-state index in [0.717, 1.165) is 0 Å². The molecule has 0 amide bonds. The molecule has 84 valence electrons. The quantitative estimate of drug-likeness (QED) is 0.325. The summed E-state index contributed by atoms with van der Waals surface area (Å²) in [6, 6.07) is 0. The predicted octanol–water partition coefficient (Wildman–Crippen LogP) is -1.70. The summed E-state index contributed by atoms with van der Waals surface area (Å²) in [4.78, 5) is 10.2. The first-order chi connectivity index (χ1) is 7.72. The number of nitrogens with zero attached hydrogens (tertiary/aromatic N) is 4. The normalized spacial score (nSPS) is 25.4. The lowest BCUT2D eigenvalue weighted by atomic mass is 10.3. The molecular formula is C5H6N8O3. The summed E-state index contributed by atoms with van der Waals surface area (Å²) in [6.45, 7) is 0. The van der Waals surface area contributed by atoms with Gasteiger partial charge >= 0.3 is 0 Å². The number of fused-ring (bicyclic) bond motifs is 2. The van der Waals surface area contributed by atoms with Gasteiger partial charge in [-0.25, -0.2) is 14.7 Å². The molecule has 0 aromatic carbocycles. The topological polar surface area (TPSA) is 143 Å². The summed E-state index contributed by atoms with van der Waals surface area (Å²) in [6.07, 6.45) is -0.615. The molecule has 16 heavy (non-hydrogen) atoms. The third-order valence-electron chi connectivity index (χ3n) is 2.17. The molecule has 0 spiro atoms. The van der Waals surface area contributed by atoms with Gasteiger partial charge in [0.2, 0.25) is 11.6 Å². The van der Waals surface area contributed by atoms with Crippen LogP contribution in [0, 0.1) is 10.1 Å². The molecule has 3 rings (SSSR count). The first kappa shape index (κ1) is 8.70. The number of anilines is 2. The molecule has 1 fully saturated rings. The Bertz CT molecular complexity index is 437. The number of hydrazone groups is 1. The maximum absolute atomic E-state index is 10.2. The van der Waals surface area contributed by atoms with Crippen molar-refractivity contribution in [3.63, 3.8) is 0 Å². The lowest BCUT2D eigenvalue weighted by molar-refractivity contribution is -0.485. The molecule has 1 aromatic heterocycles. The van der Waals surface area contributed by atoms with Crippen molar-refractivity contribution in [1.29, 1.82) is 0 Å². The van der Waals surface area contributed by atoms with Crippen LogP contribution in [0.5, 0.6) is 0 Å².